The predicted molar refractivity (Wildman–Crippen MR) is 122 cm³/mol. The second kappa shape index (κ2) is 9.04. The standard InChI is InChI=1S/C18H19ClN6O4S3/c1-7-12(19)8(2)24(23-7)4-11(26)20-13-15(27)25-14(17(28)29)10(5-30-16(13)25)6-31-18-22-21-9(3)32-18/h13,16H,4-6H2,1-3H3,(H,20,26)(H,28,29)/t13-,16+/m0/s1. The first kappa shape index (κ1) is 23.1. The summed E-state index contributed by atoms with van der Waals surface area (Å²) < 4.78 is 2.23. The van der Waals surface area contributed by atoms with Gasteiger partial charge in [0.1, 0.15) is 28.7 Å². The Morgan fingerprint density at radius 3 is 2.66 bits per heavy atom. The van der Waals surface area contributed by atoms with Gasteiger partial charge in [0.2, 0.25) is 5.91 Å². The molecule has 0 aromatic carbocycles. The van der Waals surface area contributed by atoms with Crippen molar-refractivity contribution in [3.8, 4) is 0 Å². The highest BCUT2D eigenvalue weighted by Gasteiger charge is 2.54. The first-order valence-corrected chi connectivity index (χ1v) is 12.7. The van der Waals surface area contributed by atoms with Crippen LogP contribution >= 0.6 is 46.5 Å². The van der Waals surface area contributed by atoms with Gasteiger partial charge < -0.3 is 10.4 Å². The zero-order valence-corrected chi connectivity index (χ0v) is 20.5. The molecule has 0 spiro atoms. The van der Waals surface area contributed by atoms with E-state index in [2.05, 4.69) is 20.6 Å². The highest BCUT2D eigenvalue weighted by Crippen LogP contribution is 2.41. The third kappa shape index (κ3) is 4.26. The molecule has 2 aliphatic heterocycles. The predicted octanol–water partition coefficient (Wildman–Crippen LogP) is 1.84. The van der Waals surface area contributed by atoms with Crippen LogP contribution in [0.15, 0.2) is 15.6 Å². The van der Waals surface area contributed by atoms with Crippen molar-refractivity contribution < 1.29 is 19.5 Å². The van der Waals surface area contributed by atoms with Gasteiger partial charge in [-0.25, -0.2) is 4.79 Å². The molecule has 0 radical (unpaired) electrons. The summed E-state index contributed by atoms with van der Waals surface area (Å²) in [6.07, 6.45) is 0. The molecule has 0 saturated carbocycles. The number of aryl methyl sites for hydroxylation is 2. The Labute approximate surface area is 200 Å². The van der Waals surface area contributed by atoms with Gasteiger partial charge in [-0.3, -0.25) is 19.2 Å². The summed E-state index contributed by atoms with van der Waals surface area (Å²) in [6, 6.07) is -0.783. The lowest BCUT2D eigenvalue weighted by molar-refractivity contribution is -0.150. The van der Waals surface area contributed by atoms with Crippen molar-refractivity contribution in [3.63, 3.8) is 0 Å². The summed E-state index contributed by atoms with van der Waals surface area (Å²) in [5.41, 5.74) is 1.92. The molecule has 10 nitrogen and oxygen atoms in total. The molecule has 2 aromatic heterocycles. The van der Waals surface area contributed by atoms with Crippen LogP contribution in [-0.4, -0.2) is 70.7 Å². The Hall–Kier alpha value is -2.09. The average Bonchev–Trinajstić information content (AvgIpc) is 3.27. The fraction of sp³-hybridized carbons (Fsp3) is 0.444. The zero-order chi connectivity index (χ0) is 23.2. The molecule has 2 N–H and O–H groups in total. The molecule has 2 aromatic rings. The van der Waals surface area contributed by atoms with Crippen LogP contribution in [-0.2, 0) is 20.9 Å². The molecule has 170 valence electrons. The lowest BCUT2D eigenvalue weighted by atomic mass is 10.0. The number of amides is 2. The van der Waals surface area contributed by atoms with E-state index in [-0.39, 0.29) is 18.1 Å². The van der Waals surface area contributed by atoms with Gasteiger partial charge in [-0.2, -0.15) is 5.10 Å². The van der Waals surface area contributed by atoms with Crippen LogP contribution in [0.25, 0.3) is 0 Å². The maximum absolute atomic E-state index is 12.8. The number of halogens is 1. The number of carbonyl (C=O) groups is 3. The number of fused-ring (bicyclic) bond motifs is 1. The molecule has 32 heavy (non-hydrogen) atoms. The number of thioether (sulfide) groups is 2. The summed E-state index contributed by atoms with van der Waals surface area (Å²) in [5, 5.41) is 25.6. The highest BCUT2D eigenvalue weighted by molar-refractivity contribution is 8.01. The Balaban J connectivity index is 1.43. The van der Waals surface area contributed by atoms with E-state index >= 15 is 0 Å². The monoisotopic (exact) mass is 514 g/mol. The van der Waals surface area contributed by atoms with Gasteiger partial charge in [0.25, 0.3) is 5.91 Å². The van der Waals surface area contributed by atoms with Gasteiger partial charge in [0, 0.05) is 11.5 Å². The first-order chi connectivity index (χ1) is 15.2. The second-order valence-corrected chi connectivity index (χ2v) is 11.1. The van der Waals surface area contributed by atoms with Crippen molar-refractivity contribution >= 4 is 64.2 Å². The first-order valence-electron chi connectivity index (χ1n) is 9.49. The quantitative estimate of drug-likeness (QED) is 0.419. The van der Waals surface area contributed by atoms with Crippen molar-refractivity contribution in [2.24, 2.45) is 0 Å². The molecule has 2 aliphatic rings. The number of carboxylic acids is 1. The van der Waals surface area contributed by atoms with E-state index in [0.29, 0.717) is 33.5 Å². The second-order valence-electron chi connectivity index (χ2n) is 7.23. The van der Waals surface area contributed by atoms with E-state index in [1.165, 1.54) is 44.4 Å². The zero-order valence-electron chi connectivity index (χ0n) is 17.3. The van der Waals surface area contributed by atoms with Crippen LogP contribution in [0.2, 0.25) is 5.02 Å². The van der Waals surface area contributed by atoms with Crippen LogP contribution in [0.1, 0.15) is 16.4 Å². The van der Waals surface area contributed by atoms with E-state index in [9.17, 15) is 19.5 Å². The molecule has 2 atom stereocenters. The number of nitrogens with zero attached hydrogens (tertiary/aromatic N) is 5. The van der Waals surface area contributed by atoms with Crippen molar-refractivity contribution in [1.29, 1.82) is 0 Å². The molecule has 0 aliphatic carbocycles. The molecule has 14 heteroatoms. The summed E-state index contributed by atoms with van der Waals surface area (Å²) in [6.45, 7) is 5.28. The van der Waals surface area contributed by atoms with Crippen molar-refractivity contribution in [2.75, 3.05) is 11.5 Å². The van der Waals surface area contributed by atoms with Crippen molar-refractivity contribution in [2.45, 2.75) is 43.1 Å². The molecule has 0 unspecified atom stereocenters. The van der Waals surface area contributed by atoms with Crippen molar-refractivity contribution in [1.82, 2.24) is 30.2 Å². The molecule has 2 amide bonds. The molecule has 4 rings (SSSR count). The summed E-state index contributed by atoms with van der Waals surface area (Å²) in [4.78, 5) is 38.5. The van der Waals surface area contributed by atoms with Crippen LogP contribution in [0.3, 0.4) is 0 Å². The van der Waals surface area contributed by atoms with E-state index in [1.54, 1.807) is 13.8 Å². The van der Waals surface area contributed by atoms with Gasteiger partial charge in [0.05, 0.1) is 16.4 Å². The maximum atomic E-state index is 12.8. The molecule has 1 fully saturated rings. The van der Waals surface area contributed by atoms with E-state index in [1.807, 2.05) is 6.92 Å². The van der Waals surface area contributed by atoms with Crippen molar-refractivity contribution in [3.05, 3.63) is 32.7 Å². The molecule has 1 saturated heterocycles. The average molecular weight is 515 g/mol. The van der Waals surface area contributed by atoms with Gasteiger partial charge in [-0.15, -0.1) is 22.0 Å². The third-order valence-corrected chi connectivity index (χ3v) is 8.98. The molecular weight excluding hydrogens is 496 g/mol. The summed E-state index contributed by atoms with van der Waals surface area (Å²) in [7, 11) is 0. The maximum Gasteiger partial charge on any atom is 0.352 e. The normalized spacial score (nSPS) is 20.2. The van der Waals surface area contributed by atoms with Gasteiger partial charge >= 0.3 is 5.97 Å². The number of aliphatic carboxylic acids is 1. The number of aromatic nitrogens is 4. The largest absolute Gasteiger partial charge is 0.477 e. The molecule has 0 bridgehead atoms. The van der Waals surface area contributed by atoms with Crippen LogP contribution in [0, 0.1) is 20.8 Å². The highest BCUT2D eigenvalue weighted by atomic mass is 35.5. The minimum atomic E-state index is -1.16. The SMILES string of the molecule is Cc1nnc(SCC2=C(C(=O)O)N3C(=O)[C@H](NC(=O)Cn4nc(C)c(Cl)c4C)[C@H]3SC2)s1. The number of β-lactam (4-membered cyclic amide) rings is 1. The van der Waals surface area contributed by atoms with Gasteiger partial charge in [0.15, 0.2) is 4.34 Å². The van der Waals surface area contributed by atoms with Crippen LogP contribution < -0.4 is 5.32 Å². The lowest BCUT2D eigenvalue weighted by Gasteiger charge is -2.49. The molecule has 4 heterocycles. The van der Waals surface area contributed by atoms with E-state index < -0.39 is 23.3 Å². The fourth-order valence-electron chi connectivity index (χ4n) is 3.46. The number of carboxylic acid groups (broad SMARTS) is 1. The smallest absolute Gasteiger partial charge is 0.352 e. The third-order valence-electron chi connectivity index (χ3n) is 5.03. The van der Waals surface area contributed by atoms with Crippen LogP contribution in [0.5, 0.6) is 0 Å². The Morgan fingerprint density at radius 2 is 2.06 bits per heavy atom. The Morgan fingerprint density at radius 1 is 1.31 bits per heavy atom. The fourth-order valence-corrected chi connectivity index (χ4v) is 6.90. The summed E-state index contributed by atoms with van der Waals surface area (Å²) in [5.74, 6) is -1.14. The number of nitrogens with one attached hydrogen (secondary N) is 1. The Kier molecular flexibility index (Phi) is 6.52. The summed E-state index contributed by atoms with van der Waals surface area (Å²) >= 11 is 10.4. The minimum absolute atomic E-state index is 0.0108. The van der Waals surface area contributed by atoms with Gasteiger partial charge in [-0.1, -0.05) is 34.7 Å². The Bertz CT molecular complexity index is 1150. The van der Waals surface area contributed by atoms with Gasteiger partial charge in [-0.05, 0) is 26.3 Å². The minimum Gasteiger partial charge on any atom is -0.477 e. The van der Waals surface area contributed by atoms with Crippen LogP contribution in [0.4, 0.5) is 0 Å². The number of hydrogen-bond acceptors (Lipinski definition) is 9. The number of hydrogen-bond donors (Lipinski definition) is 2. The van der Waals surface area contributed by atoms with E-state index in [4.69, 9.17) is 11.6 Å². The van der Waals surface area contributed by atoms with E-state index in [0.717, 1.165) is 9.35 Å². The number of rotatable bonds is 7. The lowest BCUT2D eigenvalue weighted by Crippen LogP contribution is -2.70. The topological polar surface area (TPSA) is 130 Å². The number of carbonyl (C=O) groups excluding carboxylic acids is 2. The molecular formula is C18H19ClN6O4S3.